The molecular weight excluding hydrogens is 288 g/mol. The number of nitrogens with one attached hydrogen (secondary N) is 2. The number of aromatic nitrogens is 2. The first-order chi connectivity index (χ1) is 9.97. The molecule has 0 bridgehead atoms. The number of carbonyl (C=O) groups is 2. The minimum Gasteiger partial charge on any atom is -0.342 e. The average molecular weight is 308 g/mol. The third-order valence-corrected chi connectivity index (χ3v) is 5.41. The Morgan fingerprint density at radius 3 is 3.10 bits per heavy atom. The highest BCUT2D eigenvalue weighted by molar-refractivity contribution is 8.01. The molecule has 3 rings (SSSR count). The Balaban J connectivity index is 1.67. The molecule has 2 amide bonds. The quantitative estimate of drug-likeness (QED) is 0.860. The Bertz CT molecular complexity index is 582. The van der Waals surface area contributed by atoms with Crippen molar-refractivity contribution in [2.24, 2.45) is 0 Å². The van der Waals surface area contributed by atoms with Gasteiger partial charge in [0.25, 0.3) is 0 Å². The number of fused-ring (bicyclic) bond motifs is 1. The van der Waals surface area contributed by atoms with Crippen LogP contribution in [-0.2, 0) is 22.6 Å². The minimum atomic E-state index is -0.481. The van der Waals surface area contributed by atoms with Gasteiger partial charge in [-0.3, -0.25) is 9.59 Å². The molecule has 1 unspecified atom stereocenters. The molecule has 0 aromatic carbocycles. The number of rotatable bonds is 2. The molecular formula is C14H20N4O2S. The molecule has 2 N–H and O–H groups in total. The third-order valence-electron chi connectivity index (χ3n) is 4.00. The first-order valence-electron chi connectivity index (χ1n) is 7.27. The van der Waals surface area contributed by atoms with Crippen LogP contribution in [-0.4, -0.2) is 37.9 Å². The molecule has 2 aliphatic rings. The third kappa shape index (κ3) is 2.79. The summed E-state index contributed by atoms with van der Waals surface area (Å²) < 4.78 is 1.59. The summed E-state index contributed by atoms with van der Waals surface area (Å²) in [5.74, 6) is 2.10. The molecule has 1 fully saturated rings. The molecule has 1 aromatic rings. The number of thioether (sulfide) groups is 1. The Hall–Kier alpha value is -1.50. The van der Waals surface area contributed by atoms with Gasteiger partial charge in [0.15, 0.2) is 0 Å². The van der Waals surface area contributed by atoms with Crippen LogP contribution in [0.2, 0.25) is 0 Å². The molecule has 3 heterocycles. The second kappa shape index (κ2) is 5.36. The molecule has 1 aromatic heterocycles. The smallest absolute Gasteiger partial charge is 0.248 e. The van der Waals surface area contributed by atoms with Crippen molar-refractivity contribution in [1.82, 2.24) is 14.9 Å². The molecule has 21 heavy (non-hydrogen) atoms. The van der Waals surface area contributed by atoms with E-state index in [2.05, 4.69) is 20.2 Å². The molecule has 0 radical (unpaired) electrons. The van der Waals surface area contributed by atoms with Gasteiger partial charge >= 0.3 is 0 Å². The van der Waals surface area contributed by atoms with Gasteiger partial charge in [0, 0.05) is 18.7 Å². The molecule has 1 saturated heterocycles. The van der Waals surface area contributed by atoms with Crippen molar-refractivity contribution < 1.29 is 9.59 Å². The highest BCUT2D eigenvalue weighted by Crippen LogP contribution is 2.29. The van der Waals surface area contributed by atoms with E-state index in [9.17, 15) is 9.59 Å². The van der Waals surface area contributed by atoms with Crippen LogP contribution < -0.4 is 10.6 Å². The van der Waals surface area contributed by atoms with Crippen LogP contribution in [0.3, 0.4) is 0 Å². The Labute approximate surface area is 128 Å². The molecule has 1 atom stereocenters. The Kier molecular flexibility index (Phi) is 3.69. The van der Waals surface area contributed by atoms with E-state index in [1.54, 1.807) is 6.20 Å². The van der Waals surface area contributed by atoms with Gasteiger partial charge in [-0.25, -0.2) is 4.98 Å². The molecule has 0 spiro atoms. The molecule has 6 nitrogen and oxygen atoms in total. The van der Waals surface area contributed by atoms with Crippen LogP contribution in [0.5, 0.6) is 0 Å². The zero-order valence-corrected chi connectivity index (χ0v) is 13.1. The molecule has 7 heteroatoms. The van der Waals surface area contributed by atoms with Crippen LogP contribution in [0.25, 0.3) is 0 Å². The van der Waals surface area contributed by atoms with E-state index in [0.717, 1.165) is 37.4 Å². The van der Waals surface area contributed by atoms with Gasteiger partial charge in [-0.05, 0) is 26.7 Å². The predicted octanol–water partition coefficient (Wildman–Crippen LogP) is 1.17. The normalized spacial score (nSPS) is 24.1. The van der Waals surface area contributed by atoms with Crippen molar-refractivity contribution in [3.63, 3.8) is 0 Å². The number of nitrogens with zero attached hydrogens (tertiary/aromatic N) is 2. The monoisotopic (exact) mass is 308 g/mol. The molecule has 0 saturated carbocycles. The maximum Gasteiger partial charge on any atom is 0.248 e. The summed E-state index contributed by atoms with van der Waals surface area (Å²) in [6.07, 6.45) is 4.92. The summed E-state index contributed by atoms with van der Waals surface area (Å²) in [6.45, 7) is 4.63. The highest BCUT2D eigenvalue weighted by atomic mass is 32.2. The topological polar surface area (TPSA) is 76.0 Å². The van der Waals surface area contributed by atoms with Crippen LogP contribution in [0.4, 0.5) is 5.82 Å². The Morgan fingerprint density at radius 2 is 2.33 bits per heavy atom. The summed E-state index contributed by atoms with van der Waals surface area (Å²) in [5, 5.41) is 5.70. The zero-order valence-electron chi connectivity index (χ0n) is 12.3. The second-order valence-electron chi connectivity index (χ2n) is 6.01. The number of aryl methyl sites for hydroxylation is 1. The van der Waals surface area contributed by atoms with E-state index in [1.165, 1.54) is 11.8 Å². The minimum absolute atomic E-state index is 0.0887. The van der Waals surface area contributed by atoms with Gasteiger partial charge < -0.3 is 15.2 Å². The summed E-state index contributed by atoms with van der Waals surface area (Å²) in [6, 6.07) is -0.481. The maximum absolute atomic E-state index is 12.3. The highest BCUT2D eigenvalue weighted by Gasteiger charge is 2.38. The number of hydrogen-bond donors (Lipinski definition) is 2. The lowest BCUT2D eigenvalue weighted by Gasteiger charge is -2.32. The zero-order chi connectivity index (χ0) is 15.0. The number of carbonyl (C=O) groups excluding carboxylic acids is 2. The number of amides is 2. The fourth-order valence-corrected chi connectivity index (χ4v) is 3.61. The van der Waals surface area contributed by atoms with Crippen LogP contribution in [0.1, 0.15) is 32.5 Å². The molecule has 2 aliphatic heterocycles. The van der Waals surface area contributed by atoms with Gasteiger partial charge in [-0.15, -0.1) is 11.8 Å². The van der Waals surface area contributed by atoms with Gasteiger partial charge in [0.05, 0.1) is 10.9 Å². The van der Waals surface area contributed by atoms with Crippen molar-refractivity contribution in [3.05, 3.63) is 12.0 Å². The van der Waals surface area contributed by atoms with Crippen molar-refractivity contribution in [3.8, 4) is 0 Å². The number of hydrogen-bond acceptors (Lipinski definition) is 4. The largest absolute Gasteiger partial charge is 0.342 e. The van der Waals surface area contributed by atoms with E-state index in [1.807, 2.05) is 13.8 Å². The van der Waals surface area contributed by atoms with Crippen LogP contribution in [0, 0.1) is 0 Å². The van der Waals surface area contributed by atoms with Crippen LogP contribution in [0.15, 0.2) is 6.20 Å². The summed E-state index contributed by atoms with van der Waals surface area (Å²) in [5.41, 5.74) is 0. The van der Waals surface area contributed by atoms with E-state index in [0.29, 0.717) is 5.75 Å². The standard InChI is InChI=1S/C14H20N4O2S/c1-14(2)13(20)16-9(8-21-14)12(19)17-11-7-15-10-5-3-4-6-18(10)11/h7,9H,3-6,8H2,1-2H3,(H,16,20)(H,17,19). The predicted molar refractivity (Wildman–Crippen MR) is 82.3 cm³/mol. The van der Waals surface area contributed by atoms with E-state index in [4.69, 9.17) is 0 Å². The van der Waals surface area contributed by atoms with Crippen molar-refractivity contribution in [1.29, 1.82) is 0 Å². The summed E-state index contributed by atoms with van der Waals surface area (Å²) in [4.78, 5) is 28.6. The molecule has 114 valence electrons. The Morgan fingerprint density at radius 1 is 1.52 bits per heavy atom. The van der Waals surface area contributed by atoms with Gasteiger partial charge in [-0.2, -0.15) is 0 Å². The van der Waals surface area contributed by atoms with Crippen molar-refractivity contribution >= 4 is 29.4 Å². The van der Waals surface area contributed by atoms with Crippen LogP contribution >= 0.6 is 11.8 Å². The van der Waals surface area contributed by atoms with E-state index < -0.39 is 10.8 Å². The fourth-order valence-electron chi connectivity index (χ4n) is 2.60. The van der Waals surface area contributed by atoms with Gasteiger partial charge in [-0.1, -0.05) is 0 Å². The van der Waals surface area contributed by atoms with Gasteiger partial charge in [0.1, 0.15) is 17.7 Å². The number of imidazole rings is 1. The van der Waals surface area contributed by atoms with Gasteiger partial charge in [0.2, 0.25) is 11.8 Å². The van der Waals surface area contributed by atoms with E-state index >= 15 is 0 Å². The van der Waals surface area contributed by atoms with Crippen molar-refractivity contribution in [2.75, 3.05) is 11.1 Å². The lowest BCUT2D eigenvalue weighted by molar-refractivity contribution is -0.127. The SMILES string of the molecule is CC1(C)SCC(C(=O)Nc2cnc3n2CCCC3)NC1=O. The maximum atomic E-state index is 12.3. The summed E-state index contributed by atoms with van der Waals surface area (Å²) >= 11 is 1.51. The lowest BCUT2D eigenvalue weighted by Crippen LogP contribution is -2.55. The second-order valence-corrected chi connectivity index (χ2v) is 7.65. The first kappa shape index (κ1) is 14.4. The number of anilines is 1. The first-order valence-corrected chi connectivity index (χ1v) is 8.26. The fraction of sp³-hybridized carbons (Fsp3) is 0.643. The van der Waals surface area contributed by atoms with E-state index in [-0.39, 0.29) is 11.8 Å². The van der Waals surface area contributed by atoms with Crippen molar-refractivity contribution in [2.45, 2.75) is 50.4 Å². The lowest BCUT2D eigenvalue weighted by atomic mass is 10.1. The average Bonchev–Trinajstić information content (AvgIpc) is 2.85. The summed E-state index contributed by atoms with van der Waals surface area (Å²) in [7, 11) is 0. The molecule has 0 aliphatic carbocycles.